The third-order valence-corrected chi connectivity index (χ3v) is 8.17. The molecule has 0 amide bonds. The normalized spacial score (nSPS) is 17.1. The Morgan fingerprint density at radius 2 is 1.63 bits per heavy atom. The van der Waals surface area contributed by atoms with Crippen LogP contribution < -0.4 is 21.8 Å². The van der Waals surface area contributed by atoms with Gasteiger partial charge in [-0.25, -0.2) is 9.37 Å². The molecule has 2 fully saturated rings. The Kier molecular flexibility index (Phi) is 8.31. The number of carbonyl (C=O) groups excluding carboxylic acids is 1. The fourth-order valence-electron chi connectivity index (χ4n) is 5.57. The summed E-state index contributed by atoms with van der Waals surface area (Å²) < 4.78 is 15.5. The molecular weight excluding hydrogens is 547 g/mol. The van der Waals surface area contributed by atoms with Gasteiger partial charge >= 0.3 is 0 Å². The third kappa shape index (κ3) is 6.81. The summed E-state index contributed by atoms with van der Waals surface area (Å²) in [5.74, 6) is -0.273. The Labute approximate surface area is 248 Å². The van der Waals surface area contributed by atoms with E-state index in [1.165, 1.54) is 30.3 Å². The van der Waals surface area contributed by atoms with Gasteiger partial charge in [0.05, 0.1) is 12.0 Å². The van der Waals surface area contributed by atoms with E-state index in [0.717, 1.165) is 64.2 Å². The van der Waals surface area contributed by atoms with Crippen molar-refractivity contribution < 1.29 is 9.18 Å². The number of nitrogens with zero attached hydrogens (tertiary/aromatic N) is 4. The Hall–Kier alpha value is -4.41. The maximum atomic E-state index is 13.3. The van der Waals surface area contributed by atoms with Crippen LogP contribution in [0.5, 0.6) is 0 Å². The first-order valence-corrected chi connectivity index (χ1v) is 14.8. The molecule has 1 aliphatic carbocycles. The number of ketones is 1. The van der Waals surface area contributed by atoms with Crippen molar-refractivity contribution >= 4 is 17.9 Å². The lowest BCUT2D eigenvalue weighted by Crippen LogP contribution is -2.46. The molecule has 2 aromatic heterocycles. The quantitative estimate of drug-likeness (QED) is 0.292. The van der Waals surface area contributed by atoms with Crippen LogP contribution in [0.25, 0.3) is 12.2 Å². The van der Waals surface area contributed by atoms with Gasteiger partial charge in [-0.05, 0) is 80.9 Å². The average Bonchev–Trinajstić information content (AvgIpc) is 3.77. The predicted molar refractivity (Wildman–Crippen MR) is 163 cm³/mol. The lowest BCUT2D eigenvalue weighted by Gasteiger charge is -2.32. The molecule has 2 aliphatic rings. The maximum absolute atomic E-state index is 13.3. The van der Waals surface area contributed by atoms with E-state index in [0.29, 0.717) is 28.3 Å². The minimum absolute atomic E-state index is 0.0744. The van der Waals surface area contributed by atoms with Gasteiger partial charge in [-0.1, -0.05) is 18.2 Å². The number of piperazine rings is 1. The third-order valence-electron chi connectivity index (χ3n) is 8.17. The number of aryl methyl sites for hydroxylation is 1. The van der Waals surface area contributed by atoms with Crippen LogP contribution in [0.1, 0.15) is 58.1 Å². The minimum Gasteiger partial charge on any atom is -0.334 e. The molecule has 1 saturated heterocycles. The van der Waals surface area contributed by atoms with Gasteiger partial charge in [0, 0.05) is 55.5 Å². The number of benzene rings is 2. The Balaban J connectivity index is 1.22. The van der Waals surface area contributed by atoms with Crippen LogP contribution in [0.2, 0.25) is 0 Å². The number of nitrogens with one attached hydrogen (secondary N) is 2. The fraction of sp³-hybridized carbons (Fsp3) is 0.333. The Bertz CT molecular complexity index is 1860. The van der Waals surface area contributed by atoms with Gasteiger partial charge in [0.15, 0.2) is 5.78 Å². The van der Waals surface area contributed by atoms with E-state index in [2.05, 4.69) is 36.4 Å². The number of halogens is 1. The van der Waals surface area contributed by atoms with E-state index in [9.17, 15) is 18.8 Å². The highest BCUT2D eigenvalue weighted by molar-refractivity contribution is 6.09. The zero-order valence-electron chi connectivity index (χ0n) is 24.2. The number of aromatic nitrogens is 4. The summed E-state index contributed by atoms with van der Waals surface area (Å²) in [5.41, 5.74) is 2.25. The molecule has 222 valence electrons. The van der Waals surface area contributed by atoms with Crippen LogP contribution >= 0.6 is 0 Å². The van der Waals surface area contributed by atoms with Crippen molar-refractivity contribution in [2.45, 2.75) is 31.7 Å². The summed E-state index contributed by atoms with van der Waals surface area (Å²) >= 11 is 0. The second kappa shape index (κ2) is 12.4. The van der Waals surface area contributed by atoms with Gasteiger partial charge in [0.1, 0.15) is 16.5 Å². The van der Waals surface area contributed by atoms with Gasteiger partial charge in [0.2, 0.25) is 0 Å². The van der Waals surface area contributed by atoms with Crippen molar-refractivity contribution in [2.24, 2.45) is 0 Å². The molecule has 6 rings (SSSR count). The summed E-state index contributed by atoms with van der Waals surface area (Å²) in [4.78, 5) is 53.8. The first kappa shape index (κ1) is 28.7. The van der Waals surface area contributed by atoms with Crippen LogP contribution in [0.4, 0.5) is 4.39 Å². The maximum Gasteiger partial charge on any atom is 0.272 e. The van der Waals surface area contributed by atoms with Gasteiger partial charge < -0.3 is 24.3 Å². The number of rotatable bonds is 9. The summed E-state index contributed by atoms with van der Waals surface area (Å²) in [6.07, 6.45) is 8.24. The minimum atomic E-state index is -0.458. The van der Waals surface area contributed by atoms with Crippen molar-refractivity contribution in [1.82, 2.24) is 29.3 Å². The topological polar surface area (TPSA) is 107 Å². The zero-order valence-corrected chi connectivity index (χ0v) is 24.2. The molecular formula is C33H35FN6O3. The molecule has 0 unspecified atom stereocenters. The number of carbonyl (C=O) groups is 1. The first-order valence-electron chi connectivity index (χ1n) is 14.8. The smallest absolute Gasteiger partial charge is 0.272 e. The van der Waals surface area contributed by atoms with Crippen LogP contribution in [0, 0.1) is 5.82 Å². The number of likely N-dealkylation sites (N-methyl/N-ethyl adjacent to an activating group) is 1. The van der Waals surface area contributed by atoms with Crippen molar-refractivity contribution in [3.8, 4) is 0 Å². The van der Waals surface area contributed by atoms with E-state index in [1.54, 1.807) is 30.3 Å². The highest BCUT2D eigenvalue weighted by atomic mass is 19.1. The average molecular weight is 583 g/mol. The Morgan fingerprint density at radius 1 is 0.930 bits per heavy atom. The monoisotopic (exact) mass is 582 g/mol. The summed E-state index contributed by atoms with van der Waals surface area (Å²) in [6.45, 7) is 6.30. The van der Waals surface area contributed by atoms with E-state index in [4.69, 9.17) is 0 Å². The van der Waals surface area contributed by atoms with Crippen LogP contribution in [-0.4, -0.2) is 74.9 Å². The number of aromatic amines is 2. The lowest BCUT2D eigenvalue weighted by molar-refractivity contribution is 0.103. The molecule has 0 bridgehead atoms. The van der Waals surface area contributed by atoms with Crippen LogP contribution in [-0.2, 0) is 6.54 Å². The highest BCUT2D eigenvalue weighted by Gasteiger charge is 2.29. The molecule has 10 heteroatoms. The molecule has 4 aromatic rings. The molecule has 0 atom stereocenters. The molecule has 43 heavy (non-hydrogen) atoms. The number of hydrogen-bond donors (Lipinski definition) is 2. The number of imidazole rings is 1. The molecule has 2 N–H and O–H groups in total. The second-order valence-corrected chi connectivity index (χ2v) is 11.5. The van der Waals surface area contributed by atoms with Crippen LogP contribution in [0.3, 0.4) is 0 Å². The highest BCUT2D eigenvalue weighted by Crippen LogP contribution is 2.41. The van der Waals surface area contributed by atoms with Gasteiger partial charge in [0.25, 0.3) is 11.1 Å². The first-order chi connectivity index (χ1) is 20.8. The predicted octanol–water partition coefficient (Wildman–Crippen LogP) is 1.80. The Morgan fingerprint density at radius 3 is 2.33 bits per heavy atom. The zero-order chi connectivity index (χ0) is 29.9. The lowest BCUT2D eigenvalue weighted by atomic mass is 10.0. The van der Waals surface area contributed by atoms with Gasteiger partial charge in [-0.3, -0.25) is 14.4 Å². The summed E-state index contributed by atoms with van der Waals surface area (Å²) in [7, 11) is 2.16. The summed E-state index contributed by atoms with van der Waals surface area (Å²) in [6, 6.07) is 12.0. The van der Waals surface area contributed by atoms with Crippen molar-refractivity contribution in [3.63, 3.8) is 0 Å². The SMILES string of the molecule is CN1CCN(CCCn2cnc(/C=c3\[nH]c(=O)/c(=C/c4cccc(C(=O)c5ccc(F)cc5)c4)[nH]c3=O)c2C2CC2)CC1. The van der Waals surface area contributed by atoms with Crippen LogP contribution in [0.15, 0.2) is 64.4 Å². The summed E-state index contributed by atoms with van der Waals surface area (Å²) in [5, 5.41) is 0.220. The van der Waals surface area contributed by atoms with Crippen molar-refractivity contribution in [3.05, 3.63) is 120 Å². The van der Waals surface area contributed by atoms with E-state index in [1.807, 2.05) is 6.33 Å². The number of hydrogen-bond acceptors (Lipinski definition) is 6. The number of H-pyrrole nitrogens is 2. The van der Waals surface area contributed by atoms with E-state index in [-0.39, 0.29) is 16.5 Å². The second-order valence-electron chi connectivity index (χ2n) is 11.5. The molecule has 3 heterocycles. The fourth-order valence-corrected chi connectivity index (χ4v) is 5.57. The largest absolute Gasteiger partial charge is 0.334 e. The van der Waals surface area contributed by atoms with Gasteiger partial charge in [-0.2, -0.15) is 0 Å². The standard InChI is InChI=1S/C33H35FN6O3/c1-38-14-16-39(17-15-38)12-3-13-40-21-35-27(30(40)23-6-7-23)20-29-33(43)36-28(32(42)37-29)19-22-4-2-5-25(18-22)31(41)24-8-10-26(34)11-9-24/h2,4-5,8-11,18-21,23H,3,6-7,12-17H2,1H3,(H,36,43)(H,37,42)/b28-19-,29-20-. The molecule has 1 aliphatic heterocycles. The van der Waals surface area contributed by atoms with E-state index < -0.39 is 16.9 Å². The van der Waals surface area contributed by atoms with Crippen molar-refractivity contribution in [2.75, 3.05) is 39.8 Å². The molecule has 9 nitrogen and oxygen atoms in total. The molecule has 0 radical (unpaired) electrons. The molecule has 2 aromatic carbocycles. The van der Waals surface area contributed by atoms with E-state index >= 15 is 0 Å². The van der Waals surface area contributed by atoms with Gasteiger partial charge in [-0.15, -0.1) is 0 Å². The van der Waals surface area contributed by atoms with Crippen molar-refractivity contribution in [1.29, 1.82) is 0 Å². The molecule has 0 spiro atoms. The molecule has 1 saturated carbocycles.